The highest BCUT2D eigenvalue weighted by Gasteiger charge is 2.40. The Bertz CT molecular complexity index is 987. The van der Waals surface area contributed by atoms with Crippen LogP contribution in [0.4, 0.5) is 5.69 Å². The number of hydrogen-bond donors (Lipinski definition) is 1. The van der Waals surface area contributed by atoms with Gasteiger partial charge in [-0.15, -0.1) is 0 Å². The van der Waals surface area contributed by atoms with Gasteiger partial charge in [0.1, 0.15) is 11.8 Å². The van der Waals surface area contributed by atoms with Crippen LogP contribution in [0.5, 0.6) is 5.75 Å². The van der Waals surface area contributed by atoms with Crippen LogP contribution in [0.1, 0.15) is 43.7 Å². The highest BCUT2D eigenvalue weighted by molar-refractivity contribution is 7.89. The number of hydrogen-bond acceptors (Lipinski definition) is 4. The van der Waals surface area contributed by atoms with E-state index in [1.54, 1.807) is 19.1 Å². The van der Waals surface area contributed by atoms with Crippen LogP contribution < -0.4 is 10.1 Å². The minimum Gasteiger partial charge on any atom is -0.497 e. The second-order valence-electron chi connectivity index (χ2n) is 7.69. The van der Waals surface area contributed by atoms with E-state index in [-0.39, 0.29) is 10.8 Å². The van der Waals surface area contributed by atoms with Crippen LogP contribution in [0.3, 0.4) is 0 Å². The number of anilines is 1. The van der Waals surface area contributed by atoms with E-state index in [2.05, 4.69) is 12.2 Å². The van der Waals surface area contributed by atoms with Crippen molar-refractivity contribution < 1.29 is 17.9 Å². The molecule has 1 aliphatic rings. The van der Waals surface area contributed by atoms with Gasteiger partial charge in [0.15, 0.2) is 0 Å². The molecule has 0 spiro atoms. The quantitative estimate of drug-likeness (QED) is 0.683. The zero-order valence-corrected chi connectivity index (χ0v) is 18.7. The maximum atomic E-state index is 13.3. The van der Waals surface area contributed by atoms with Crippen LogP contribution in [-0.4, -0.2) is 38.3 Å². The van der Waals surface area contributed by atoms with E-state index in [1.165, 1.54) is 23.0 Å². The van der Waals surface area contributed by atoms with Crippen molar-refractivity contribution in [1.82, 2.24) is 4.31 Å². The molecule has 0 bridgehead atoms. The molecule has 1 saturated heterocycles. The normalized spacial score (nSPS) is 17.1. The predicted octanol–water partition coefficient (Wildman–Crippen LogP) is 4.14. The second-order valence-corrected chi connectivity index (χ2v) is 9.55. The molecule has 162 valence electrons. The number of rotatable bonds is 8. The monoisotopic (exact) mass is 430 g/mol. The molecule has 0 radical (unpaired) electrons. The van der Waals surface area contributed by atoms with Gasteiger partial charge in [0.25, 0.3) is 0 Å². The average Bonchev–Trinajstić information content (AvgIpc) is 3.24. The summed E-state index contributed by atoms with van der Waals surface area (Å²) in [6.45, 7) is 4.23. The molecular formula is C23H30N2O4S. The van der Waals surface area contributed by atoms with E-state index in [0.29, 0.717) is 36.4 Å². The highest BCUT2D eigenvalue weighted by atomic mass is 32.2. The zero-order valence-electron chi connectivity index (χ0n) is 17.8. The van der Waals surface area contributed by atoms with Crippen molar-refractivity contribution in [3.63, 3.8) is 0 Å². The van der Waals surface area contributed by atoms with Crippen LogP contribution >= 0.6 is 0 Å². The average molecular weight is 431 g/mol. The molecule has 2 aromatic carbocycles. The van der Waals surface area contributed by atoms with Gasteiger partial charge in [-0.3, -0.25) is 4.79 Å². The van der Waals surface area contributed by atoms with E-state index in [0.717, 1.165) is 19.3 Å². The van der Waals surface area contributed by atoms with Gasteiger partial charge in [-0.1, -0.05) is 31.5 Å². The lowest BCUT2D eigenvalue weighted by Crippen LogP contribution is -2.43. The topological polar surface area (TPSA) is 75.7 Å². The van der Waals surface area contributed by atoms with Crippen molar-refractivity contribution in [2.75, 3.05) is 19.0 Å². The smallest absolute Gasteiger partial charge is 0.244 e. The molecule has 2 aromatic rings. The molecule has 1 heterocycles. The van der Waals surface area contributed by atoms with E-state index in [9.17, 15) is 13.2 Å². The number of carbonyl (C=O) groups excluding carboxylic acids is 1. The lowest BCUT2D eigenvalue weighted by atomic mass is 10.1. The number of benzene rings is 2. The summed E-state index contributed by atoms with van der Waals surface area (Å²) in [6, 6.07) is 12.0. The van der Waals surface area contributed by atoms with Gasteiger partial charge in [0.05, 0.1) is 12.0 Å². The van der Waals surface area contributed by atoms with Gasteiger partial charge < -0.3 is 10.1 Å². The minimum atomic E-state index is -3.81. The fraction of sp³-hybridized carbons (Fsp3) is 0.435. The van der Waals surface area contributed by atoms with Gasteiger partial charge >= 0.3 is 0 Å². The van der Waals surface area contributed by atoms with Crippen LogP contribution in [0.2, 0.25) is 0 Å². The molecule has 3 rings (SSSR count). The van der Waals surface area contributed by atoms with Crippen LogP contribution in [0.25, 0.3) is 0 Å². The first kappa shape index (κ1) is 22.3. The van der Waals surface area contributed by atoms with Crippen LogP contribution in [-0.2, 0) is 21.2 Å². The van der Waals surface area contributed by atoms with Gasteiger partial charge in [0.2, 0.25) is 15.9 Å². The Morgan fingerprint density at radius 1 is 1.20 bits per heavy atom. The fourth-order valence-corrected chi connectivity index (χ4v) is 5.66. The van der Waals surface area contributed by atoms with Gasteiger partial charge in [0, 0.05) is 18.3 Å². The van der Waals surface area contributed by atoms with E-state index < -0.39 is 16.1 Å². The second kappa shape index (κ2) is 9.62. The molecule has 1 atom stereocenters. The van der Waals surface area contributed by atoms with Gasteiger partial charge in [-0.25, -0.2) is 8.42 Å². The maximum absolute atomic E-state index is 13.3. The van der Waals surface area contributed by atoms with Crippen molar-refractivity contribution in [1.29, 1.82) is 0 Å². The first-order chi connectivity index (χ1) is 14.4. The molecule has 0 aromatic heterocycles. The predicted molar refractivity (Wildman–Crippen MR) is 118 cm³/mol. The molecule has 7 heteroatoms. The maximum Gasteiger partial charge on any atom is 0.244 e. The third-order valence-electron chi connectivity index (χ3n) is 5.53. The lowest BCUT2D eigenvalue weighted by molar-refractivity contribution is -0.119. The summed E-state index contributed by atoms with van der Waals surface area (Å²) < 4.78 is 33.2. The first-order valence-corrected chi connectivity index (χ1v) is 11.9. The van der Waals surface area contributed by atoms with E-state index in [4.69, 9.17) is 4.74 Å². The van der Waals surface area contributed by atoms with Crippen molar-refractivity contribution in [3.05, 3.63) is 53.6 Å². The molecule has 0 aliphatic carbocycles. The summed E-state index contributed by atoms with van der Waals surface area (Å²) in [6.07, 6.45) is 4.43. The molecule has 1 unspecified atom stereocenters. The number of ether oxygens (including phenoxy) is 1. The number of nitrogens with one attached hydrogen (secondary N) is 1. The first-order valence-electron chi connectivity index (χ1n) is 10.4. The Balaban J connectivity index is 1.77. The summed E-state index contributed by atoms with van der Waals surface area (Å²) in [5.41, 5.74) is 2.54. The molecule has 6 nitrogen and oxygen atoms in total. The summed E-state index contributed by atoms with van der Waals surface area (Å²) in [5, 5.41) is 2.89. The number of carbonyl (C=O) groups is 1. The van der Waals surface area contributed by atoms with E-state index >= 15 is 0 Å². The summed E-state index contributed by atoms with van der Waals surface area (Å²) in [4.78, 5) is 13.1. The number of nitrogens with zero attached hydrogens (tertiary/aromatic N) is 1. The van der Waals surface area contributed by atoms with Crippen LogP contribution in [0.15, 0.2) is 47.4 Å². The molecular weight excluding hydrogens is 400 g/mol. The number of methoxy groups -OCH3 is 1. The SMILES string of the molecule is CCCCc1ccc(NC(=O)C2CCCN2S(=O)(=O)c2cc(OC)ccc2C)cc1. The Labute approximate surface area is 179 Å². The summed E-state index contributed by atoms with van der Waals surface area (Å²) in [5.74, 6) is 0.181. The Morgan fingerprint density at radius 2 is 1.93 bits per heavy atom. The van der Waals surface area contributed by atoms with Crippen molar-refractivity contribution >= 4 is 21.6 Å². The van der Waals surface area contributed by atoms with Crippen molar-refractivity contribution in [2.24, 2.45) is 0 Å². The van der Waals surface area contributed by atoms with Gasteiger partial charge in [-0.2, -0.15) is 4.31 Å². The third-order valence-corrected chi connectivity index (χ3v) is 7.58. The fourth-order valence-electron chi connectivity index (χ4n) is 3.76. The Hall–Kier alpha value is -2.38. The molecule has 0 saturated carbocycles. The zero-order chi connectivity index (χ0) is 21.7. The number of sulfonamides is 1. The number of aryl methyl sites for hydroxylation is 2. The standard InChI is InChI=1S/C23H30N2O4S/c1-4-5-7-18-10-12-19(13-11-18)24-23(26)21-8-6-15-25(21)30(27,28)22-16-20(29-3)14-9-17(22)2/h9-14,16,21H,4-8,15H2,1-3H3,(H,24,26). The number of unbranched alkanes of at least 4 members (excludes halogenated alkanes) is 1. The number of amides is 1. The largest absolute Gasteiger partial charge is 0.497 e. The van der Waals surface area contributed by atoms with Crippen LogP contribution in [0, 0.1) is 6.92 Å². The Morgan fingerprint density at radius 3 is 2.60 bits per heavy atom. The van der Waals surface area contributed by atoms with Crippen molar-refractivity contribution in [2.45, 2.75) is 56.9 Å². The summed E-state index contributed by atoms with van der Waals surface area (Å²) in [7, 11) is -2.31. The van der Waals surface area contributed by atoms with Gasteiger partial charge in [-0.05, 0) is 61.9 Å². The molecule has 1 fully saturated rings. The van der Waals surface area contributed by atoms with Crippen molar-refractivity contribution in [3.8, 4) is 5.75 Å². The Kier molecular flexibility index (Phi) is 7.15. The molecule has 1 N–H and O–H groups in total. The lowest BCUT2D eigenvalue weighted by Gasteiger charge is -2.24. The molecule has 1 amide bonds. The highest BCUT2D eigenvalue weighted by Crippen LogP contribution is 2.30. The summed E-state index contributed by atoms with van der Waals surface area (Å²) >= 11 is 0. The molecule has 1 aliphatic heterocycles. The third kappa shape index (κ3) is 4.84. The minimum absolute atomic E-state index is 0.182. The van der Waals surface area contributed by atoms with E-state index in [1.807, 2.05) is 24.3 Å². The molecule has 30 heavy (non-hydrogen) atoms.